The van der Waals surface area contributed by atoms with Crippen molar-refractivity contribution in [2.45, 2.75) is 18.8 Å². The highest BCUT2D eigenvalue weighted by molar-refractivity contribution is 5.01. The summed E-state index contributed by atoms with van der Waals surface area (Å²) >= 11 is 0. The molecule has 1 nitrogen and oxygen atoms in total. The zero-order chi connectivity index (χ0) is 8.70. The molecule has 1 fully saturated rings. The monoisotopic (exact) mass is 171 g/mol. The summed E-state index contributed by atoms with van der Waals surface area (Å²) in [5.74, 6) is 0. The van der Waals surface area contributed by atoms with E-state index >= 15 is 0 Å². The van der Waals surface area contributed by atoms with E-state index in [1.807, 2.05) is 0 Å². The molecular weight excluding hydrogens is 162 g/mol. The van der Waals surface area contributed by atoms with Crippen molar-refractivity contribution < 1.29 is 17.6 Å². The second kappa shape index (κ2) is 2.33. The lowest BCUT2D eigenvalue weighted by atomic mass is 9.96. The van der Waals surface area contributed by atoms with E-state index in [0.717, 1.165) is 0 Å². The third-order valence-electron chi connectivity index (χ3n) is 1.90. The third kappa shape index (κ3) is 1.34. The Kier molecular flexibility index (Phi) is 1.86. The molecule has 5 heteroatoms. The molecule has 1 aliphatic heterocycles. The van der Waals surface area contributed by atoms with Crippen molar-refractivity contribution in [2.75, 3.05) is 19.6 Å². The molecule has 0 amide bonds. The van der Waals surface area contributed by atoms with E-state index in [4.69, 9.17) is 0 Å². The molecule has 1 heterocycles. The van der Waals surface area contributed by atoms with Crippen molar-refractivity contribution in [2.24, 2.45) is 0 Å². The molecule has 0 atom stereocenters. The first-order chi connectivity index (χ1) is 4.89. The van der Waals surface area contributed by atoms with Crippen LogP contribution in [0.4, 0.5) is 17.6 Å². The lowest BCUT2D eigenvalue weighted by Gasteiger charge is -2.44. The van der Waals surface area contributed by atoms with Crippen molar-refractivity contribution in [1.82, 2.24) is 4.90 Å². The zero-order valence-corrected chi connectivity index (χ0v) is 6.08. The van der Waals surface area contributed by atoms with Gasteiger partial charge in [0.25, 0.3) is 0 Å². The second-order valence-electron chi connectivity index (χ2n) is 2.77. The Labute approximate surface area is 62.0 Å². The van der Waals surface area contributed by atoms with Gasteiger partial charge in [-0.3, -0.25) is 4.90 Å². The van der Waals surface area contributed by atoms with E-state index in [-0.39, 0.29) is 0 Å². The molecule has 0 saturated carbocycles. The Morgan fingerprint density at radius 2 is 1.82 bits per heavy atom. The number of rotatable bonds is 1. The van der Waals surface area contributed by atoms with Gasteiger partial charge < -0.3 is 0 Å². The van der Waals surface area contributed by atoms with Crippen molar-refractivity contribution in [3.05, 3.63) is 0 Å². The number of hydrogen-bond acceptors (Lipinski definition) is 1. The lowest BCUT2D eigenvalue weighted by Crippen LogP contribution is -2.66. The van der Waals surface area contributed by atoms with Crippen LogP contribution in [0.3, 0.4) is 0 Å². The van der Waals surface area contributed by atoms with E-state index in [2.05, 4.69) is 0 Å². The summed E-state index contributed by atoms with van der Waals surface area (Å²) < 4.78 is 48.1. The number of hydrogen-bond donors (Lipinski definition) is 0. The van der Waals surface area contributed by atoms with Crippen LogP contribution in [0, 0.1) is 0 Å². The predicted octanol–water partition coefficient (Wildman–Crippen LogP) is 1.59. The summed E-state index contributed by atoms with van der Waals surface area (Å²) in [6.07, 6.45) is -4.70. The maximum Gasteiger partial charge on any atom is 0.425 e. The molecular formula is C6H9F4N. The third-order valence-corrected chi connectivity index (χ3v) is 1.90. The van der Waals surface area contributed by atoms with Gasteiger partial charge in [-0.1, -0.05) is 6.92 Å². The lowest BCUT2D eigenvalue weighted by molar-refractivity contribution is -0.270. The Hall–Kier alpha value is -0.320. The van der Waals surface area contributed by atoms with Crippen LogP contribution in [0.5, 0.6) is 0 Å². The number of alkyl halides is 4. The molecule has 0 unspecified atom stereocenters. The summed E-state index contributed by atoms with van der Waals surface area (Å²) in [5, 5.41) is 0. The highest BCUT2D eigenvalue weighted by Gasteiger charge is 2.62. The van der Waals surface area contributed by atoms with Gasteiger partial charge in [0.2, 0.25) is 5.67 Å². The van der Waals surface area contributed by atoms with Crippen molar-refractivity contribution in [3.8, 4) is 0 Å². The zero-order valence-electron chi connectivity index (χ0n) is 6.08. The average molecular weight is 171 g/mol. The molecule has 0 bridgehead atoms. The van der Waals surface area contributed by atoms with E-state index < -0.39 is 24.9 Å². The van der Waals surface area contributed by atoms with Gasteiger partial charge >= 0.3 is 6.18 Å². The van der Waals surface area contributed by atoms with Gasteiger partial charge in [0, 0.05) is 13.1 Å². The summed E-state index contributed by atoms with van der Waals surface area (Å²) in [5.41, 5.74) is -2.94. The van der Waals surface area contributed by atoms with Gasteiger partial charge in [0.1, 0.15) is 0 Å². The molecule has 1 saturated heterocycles. The fraction of sp³-hybridized carbons (Fsp3) is 1.00. The summed E-state index contributed by atoms with van der Waals surface area (Å²) in [7, 11) is 0. The first-order valence-corrected chi connectivity index (χ1v) is 3.37. The first-order valence-electron chi connectivity index (χ1n) is 3.37. The fourth-order valence-electron chi connectivity index (χ4n) is 1.07. The Bertz CT molecular complexity index is 147. The molecule has 0 N–H and O–H groups in total. The van der Waals surface area contributed by atoms with Crippen LogP contribution >= 0.6 is 0 Å². The summed E-state index contributed by atoms with van der Waals surface area (Å²) in [4.78, 5) is 1.41. The van der Waals surface area contributed by atoms with Crippen molar-refractivity contribution >= 4 is 0 Å². The molecule has 0 aliphatic carbocycles. The van der Waals surface area contributed by atoms with E-state index in [1.165, 1.54) is 4.90 Å². The van der Waals surface area contributed by atoms with Crippen LogP contribution in [0.25, 0.3) is 0 Å². The van der Waals surface area contributed by atoms with Crippen molar-refractivity contribution in [1.29, 1.82) is 0 Å². The maximum absolute atomic E-state index is 12.7. The maximum atomic E-state index is 12.7. The van der Waals surface area contributed by atoms with E-state index in [1.54, 1.807) is 6.92 Å². The smallest absolute Gasteiger partial charge is 0.296 e. The van der Waals surface area contributed by atoms with Gasteiger partial charge in [-0.2, -0.15) is 13.2 Å². The Morgan fingerprint density at radius 1 is 1.36 bits per heavy atom. The SMILES string of the molecule is CCN1CC(F)(C(F)(F)F)C1. The first kappa shape index (κ1) is 8.77. The van der Waals surface area contributed by atoms with Gasteiger partial charge in [0.15, 0.2) is 0 Å². The van der Waals surface area contributed by atoms with Crippen LogP contribution in [0.15, 0.2) is 0 Å². The normalized spacial score (nSPS) is 24.8. The van der Waals surface area contributed by atoms with Crippen LogP contribution in [-0.4, -0.2) is 36.4 Å². The molecule has 0 spiro atoms. The average Bonchev–Trinajstić information content (AvgIpc) is 1.78. The summed E-state index contributed by atoms with van der Waals surface area (Å²) in [6, 6.07) is 0. The molecule has 11 heavy (non-hydrogen) atoms. The number of halogens is 4. The molecule has 0 radical (unpaired) electrons. The van der Waals surface area contributed by atoms with E-state index in [9.17, 15) is 17.6 Å². The van der Waals surface area contributed by atoms with Crippen LogP contribution in [0.1, 0.15) is 6.92 Å². The summed E-state index contributed by atoms with van der Waals surface area (Å²) in [6.45, 7) is 1.16. The van der Waals surface area contributed by atoms with Crippen LogP contribution in [0.2, 0.25) is 0 Å². The largest absolute Gasteiger partial charge is 0.425 e. The topological polar surface area (TPSA) is 3.24 Å². The molecule has 0 aromatic rings. The quantitative estimate of drug-likeness (QED) is 0.541. The minimum atomic E-state index is -4.70. The molecule has 0 aromatic heterocycles. The van der Waals surface area contributed by atoms with Gasteiger partial charge in [-0.25, -0.2) is 4.39 Å². The van der Waals surface area contributed by atoms with E-state index in [0.29, 0.717) is 6.54 Å². The van der Waals surface area contributed by atoms with Gasteiger partial charge in [-0.05, 0) is 6.54 Å². The van der Waals surface area contributed by atoms with Gasteiger partial charge in [-0.15, -0.1) is 0 Å². The molecule has 66 valence electrons. The highest BCUT2D eigenvalue weighted by atomic mass is 19.4. The molecule has 1 rings (SSSR count). The second-order valence-corrected chi connectivity index (χ2v) is 2.77. The Balaban J connectivity index is 2.49. The number of likely N-dealkylation sites (tertiary alicyclic amines) is 1. The van der Waals surface area contributed by atoms with Crippen molar-refractivity contribution in [3.63, 3.8) is 0 Å². The minimum Gasteiger partial charge on any atom is -0.296 e. The minimum absolute atomic E-state index is 0.474. The molecule has 1 aliphatic rings. The fourth-order valence-corrected chi connectivity index (χ4v) is 1.07. The van der Waals surface area contributed by atoms with Crippen LogP contribution in [-0.2, 0) is 0 Å². The molecule has 0 aromatic carbocycles. The predicted molar refractivity (Wildman–Crippen MR) is 32.0 cm³/mol. The van der Waals surface area contributed by atoms with Gasteiger partial charge in [0.05, 0.1) is 0 Å². The standard InChI is InChI=1S/C6H9F4N/c1-2-11-3-5(7,4-11)6(8,9)10/h2-4H2,1H3. The van der Waals surface area contributed by atoms with Crippen LogP contribution < -0.4 is 0 Å². The number of nitrogens with zero attached hydrogens (tertiary/aromatic N) is 1. The highest BCUT2D eigenvalue weighted by Crippen LogP contribution is 2.40. The Morgan fingerprint density at radius 3 is 2.09 bits per heavy atom.